The highest BCUT2D eigenvalue weighted by Gasteiger charge is 2.49. The quantitative estimate of drug-likeness (QED) is 0.773. The van der Waals surface area contributed by atoms with Crippen LogP contribution in [0.3, 0.4) is 0 Å². The highest BCUT2D eigenvalue weighted by molar-refractivity contribution is 5.98. The van der Waals surface area contributed by atoms with Crippen LogP contribution in [0.25, 0.3) is 0 Å². The first-order valence-corrected chi connectivity index (χ1v) is 9.67. The van der Waals surface area contributed by atoms with E-state index in [9.17, 15) is 14.7 Å². The molecule has 0 saturated heterocycles. The molecule has 1 aliphatic carbocycles. The Labute approximate surface area is 171 Å². The molecule has 0 aromatic heterocycles. The van der Waals surface area contributed by atoms with E-state index in [1.165, 1.54) is 13.8 Å². The molecule has 0 aliphatic heterocycles. The van der Waals surface area contributed by atoms with Crippen molar-refractivity contribution < 1.29 is 19.4 Å². The Kier molecular flexibility index (Phi) is 5.89. The summed E-state index contributed by atoms with van der Waals surface area (Å²) in [6, 6.07) is 16.8. The van der Waals surface area contributed by atoms with Gasteiger partial charge in [0.2, 0.25) is 0 Å². The third-order valence-corrected chi connectivity index (χ3v) is 5.54. The Bertz CT molecular complexity index is 929. The van der Waals surface area contributed by atoms with Crippen LogP contribution < -0.4 is 10.1 Å². The number of carbonyl (C=O) groups is 2. The Morgan fingerprint density at radius 2 is 1.69 bits per heavy atom. The van der Waals surface area contributed by atoms with Crippen LogP contribution in [0.4, 0.5) is 5.69 Å². The number of aliphatic hydroxyl groups is 1. The number of ketones is 2. The van der Waals surface area contributed by atoms with Crippen LogP contribution in [0.15, 0.2) is 65.9 Å². The second-order valence-corrected chi connectivity index (χ2v) is 7.81. The second-order valence-electron chi connectivity index (χ2n) is 7.81. The molecule has 0 radical (unpaired) electrons. The highest BCUT2D eigenvalue weighted by Crippen LogP contribution is 2.47. The van der Waals surface area contributed by atoms with E-state index in [2.05, 4.69) is 5.32 Å². The van der Waals surface area contributed by atoms with E-state index in [0.717, 1.165) is 17.0 Å². The van der Waals surface area contributed by atoms with Crippen LogP contribution in [0.5, 0.6) is 5.75 Å². The van der Waals surface area contributed by atoms with Crippen molar-refractivity contribution >= 4 is 17.3 Å². The van der Waals surface area contributed by atoms with Gasteiger partial charge in [0, 0.05) is 29.3 Å². The molecule has 3 rings (SSSR count). The smallest absolute Gasteiger partial charge is 0.158 e. The summed E-state index contributed by atoms with van der Waals surface area (Å²) in [7, 11) is 1.60. The van der Waals surface area contributed by atoms with Crippen molar-refractivity contribution in [3.05, 3.63) is 71.4 Å². The van der Waals surface area contributed by atoms with Crippen LogP contribution in [0, 0.1) is 5.92 Å². The molecule has 0 spiro atoms. The van der Waals surface area contributed by atoms with Gasteiger partial charge in [-0.2, -0.15) is 0 Å². The van der Waals surface area contributed by atoms with Crippen LogP contribution in [0.2, 0.25) is 0 Å². The zero-order valence-corrected chi connectivity index (χ0v) is 17.2. The summed E-state index contributed by atoms with van der Waals surface area (Å²) in [6.07, 6.45) is 0.182. The van der Waals surface area contributed by atoms with Crippen LogP contribution in [-0.4, -0.2) is 29.4 Å². The molecule has 5 nitrogen and oxygen atoms in total. The van der Waals surface area contributed by atoms with Gasteiger partial charge in [0.1, 0.15) is 11.5 Å². The van der Waals surface area contributed by atoms with Crippen molar-refractivity contribution in [3.63, 3.8) is 0 Å². The molecular formula is C24H27NO4. The van der Waals surface area contributed by atoms with Crippen molar-refractivity contribution in [2.45, 2.75) is 38.7 Å². The maximum Gasteiger partial charge on any atom is 0.158 e. The molecule has 0 unspecified atom stereocenters. The number of methoxy groups -OCH3 is 1. The first-order valence-electron chi connectivity index (χ1n) is 9.67. The maximum absolute atomic E-state index is 12.8. The zero-order valence-electron chi connectivity index (χ0n) is 17.2. The number of rotatable bonds is 6. The fraction of sp³-hybridized carbons (Fsp3) is 0.333. The summed E-state index contributed by atoms with van der Waals surface area (Å²) in [5, 5.41) is 14.6. The number of hydrogen-bond donors (Lipinski definition) is 2. The topological polar surface area (TPSA) is 75.6 Å². The summed E-state index contributed by atoms with van der Waals surface area (Å²) in [6.45, 7) is 4.66. The lowest BCUT2D eigenvalue weighted by molar-refractivity contribution is -0.131. The first-order chi connectivity index (χ1) is 13.7. The molecule has 3 atom stereocenters. The maximum atomic E-state index is 12.8. The van der Waals surface area contributed by atoms with Crippen LogP contribution in [-0.2, 0) is 9.59 Å². The molecule has 2 aromatic rings. The standard InChI is InChI=1S/C24H27NO4/c1-15(26)21-20(25-18-10-12-19(29-4)13-11-18)14-24(3,28)23(16(2)27)22(21)17-8-6-5-7-9-17/h5-13,22-23,25,28H,14H2,1-4H3/t22-,23-,24-/m1/s1. The molecule has 0 amide bonds. The number of allylic oxidation sites excluding steroid dienone is 1. The molecule has 1 aliphatic rings. The van der Waals surface area contributed by atoms with Gasteiger partial charge < -0.3 is 15.2 Å². The van der Waals surface area contributed by atoms with E-state index in [1.54, 1.807) is 14.0 Å². The molecule has 5 heteroatoms. The minimum absolute atomic E-state index is 0.114. The Balaban J connectivity index is 2.15. The van der Waals surface area contributed by atoms with Gasteiger partial charge in [-0.3, -0.25) is 9.59 Å². The van der Waals surface area contributed by atoms with Gasteiger partial charge in [-0.1, -0.05) is 30.3 Å². The predicted molar refractivity (Wildman–Crippen MR) is 113 cm³/mol. The summed E-state index contributed by atoms with van der Waals surface area (Å²) in [5.41, 5.74) is 1.51. The summed E-state index contributed by atoms with van der Waals surface area (Å²) in [4.78, 5) is 25.3. The van der Waals surface area contributed by atoms with Gasteiger partial charge in [-0.25, -0.2) is 0 Å². The first kappa shape index (κ1) is 20.8. The van der Waals surface area contributed by atoms with Gasteiger partial charge in [0.25, 0.3) is 0 Å². The number of Topliss-reactive ketones (excluding diaryl/α,β-unsaturated/α-hetero) is 2. The number of anilines is 1. The normalized spacial score (nSPS) is 24.2. The highest BCUT2D eigenvalue weighted by atomic mass is 16.5. The monoisotopic (exact) mass is 393 g/mol. The molecule has 2 aromatic carbocycles. The fourth-order valence-electron chi connectivity index (χ4n) is 4.36. The third-order valence-electron chi connectivity index (χ3n) is 5.54. The Morgan fingerprint density at radius 3 is 2.21 bits per heavy atom. The number of hydrogen-bond acceptors (Lipinski definition) is 5. The second kappa shape index (κ2) is 8.21. The van der Waals surface area contributed by atoms with Gasteiger partial charge in [0.15, 0.2) is 5.78 Å². The number of carbonyl (C=O) groups excluding carboxylic acids is 2. The number of nitrogens with one attached hydrogen (secondary N) is 1. The lowest BCUT2D eigenvalue weighted by Gasteiger charge is -2.43. The third kappa shape index (κ3) is 4.25. The average Bonchev–Trinajstić information content (AvgIpc) is 2.67. The van der Waals surface area contributed by atoms with E-state index in [0.29, 0.717) is 11.3 Å². The zero-order chi connectivity index (χ0) is 21.2. The average molecular weight is 393 g/mol. The van der Waals surface area contributed by atoms with Crippen molar-refractivity contribution in [2.24, 2.45) is 5.92 Å². The van der Waals surface area contributed by atoms with Gasteiger partial charge in [0.05, 0.1) is 18.6 Å². The van der Waals surface area contributed by atoms with E-state index in [1.807, 2.05) is 54.6 Å². The van der Waals surface area contributed by atoms with Gasteiger partial charge >= 0.3 is 0 Å². The largest absolute Gasteiger partial charge is 0.497 e. The van der Waals surface area contributed by atoms with Crippen molar-refractivity contribution in [3.8, 4) is 5.75 Å². The van der Waals surface area contributed by atoms with E-state index >= 15 is 0 Å². The minimum atomic E-state index is -1.29. The predicted octanol–water partition coefficient (Wildman–Crippen LogP) is 4.09. The summed E-state index contributed by atoms with van der Waals surface area (Å²) >= 11 is 0. The summed E-state index contributed by atoms with van der Waals surface area (Å²) < 4.78 is 5.20. The lowest BCUT2D eigenvalue weighted by atomic mass is 9.64. The number of benzene rings is 2. The van der Waals surface area contributed by atoms with Crippen molar-refractivity contribution in [2.75, 3.05) is 12.4 Å². The van der Waals surface area contributed by atoms with Gasteiger partial charge in [-0.05, 0) is 50.6 Å². The van der Waals surface area contributed by atoms with Gasteiger partial charge in [-0.15, -0.1) is 0 Å². The van der Waals surface area contributed by atoms with E-state index in [-0.39, 0.29) is 18.0 Å². The van der Waals surface area contributed by atoms with Crippen molar-refractivity contribution in [1.29, 1.82) is 0 Å². The molecule has 2 N–H and O–H groups in total. The van der Waals surface area contributed by atoms with Crippen LogP contribution >= 0.6 is 0 Å². The molecule has 0 saturated carbocycles. The molecule has 0 fully saturated rings. The lowest BCUT2D eigenvalue weighted by Crippen LogP contribution is -2.48. The Hall–Kier alpha value is -2.92. The van der Waals surface area contributed by atoms with Crippen LogP contribution in [0.1, 0.15) is 38.7 Å². The fourth-order valence-corrected chi connectivity index (χ4v) is 4.36. The summed E-state index contributed by atoms with van der Waals surface area (Å²) in [5.74, 6) is -0.741. The molecule has 0 bridgehead atoms. The molecule has 29 heavy (non-hydrogen) atoms. The molecule has 0 heterocycles. The Morgan fingerprint density at radius 1 is 1.07 bits per heavy atom. The van der Waals surface area contributed by atoms with E-state index < -0.39 is 17.4 Å². The molecular weight excluding hydrogens is 366 g/mol. The van der Waals surface area contributed by atoms with E-state index in [4.69, 9.17) is 4.74 Å². The minimum Gasteiger partial charge on any atom is -0.497 e. The van der Waals surface area contributed by atoms with Crippen molar-refractivity contribution in [1.82, 2.24) is 0 Å². The molecule has 152 valence electrons. The number of ether oxygens (including phenoxy) is 1. The SMILES string of the molecule is COc1ccc(NC2=C(C(C)=O)[C@@H](c3ccccc3)[C@@H](C(C)=O)[C@](C)(O)C2)cc1.